The Morgan fingerprint density at radius 2 is 1.86 bits per heavy atom. The van der Waals surface area contributed by atoms with E-state index in [1.165, 1.54) is 0 Å². The Bertz CT molecular complexity index is 850. The van der Waals surface area contributed by atoms with Crippen molar-refractivity contribution in [3.05, 3.63) is 48.5 Å². The number of hydrogen-bond donors (Lipinski definition) is 1. The number of amides is 1. The van der Waals surface area contributed by atoms with E-state index in [1.807, 2.05) is 39.9 Å². The molecule has 0 spiro atoms. The third-order valence-electron chi connectivity index (χ3n) is 6.79. The number of hydrogen-bond acceptors (Lipinski definition) is 5. The summed E-state index contributed by atoms with van der Waals surface area (Å²) in [6, 6.07) is 7.98. The van der Waals surface area contributed by atoms with Crippen LogP contribution in [0.5, 0.6) is 0 Å². The molecule has 1 aromatic carbocycles. The first kappa shape index (κ1) is 18.6. The molecule has 1 amide bonds. The lowest BCUT2D eigenvalue weighted by molar-refractivity contribution is 0.0357. The zero-order chi connectivity index (χ0) is 19.8. The lowest BCUT2D eigenvalue weighted by Crippen LogP contribution is -2.38. The highest BCUT2D eigenvalue weighted by Gasteiger charge is 2.43. The van der Waals surface area contributed by atoms with E-state index in [1.54, 1.807) is 12.5 Å². The first-order chi connectivity index (χ1) is 14.2. The van der Waals surface area contributed by atoms with Crippen LogP contribution in [0.15, 0.2) is 43.0 Å². The van der Waals surface area contributed by atoms with E-state index in [2.05, 4.69) is 9.88 Å². The van der Waals surface area contributed by atoms with Gasteiger partial charge in [0.15, 0.2) is 0 Å². The Hall–Kier alpha value is -2.38. The molecule has 4 atom stereocenters. The molecule has 0 radical (unpaired) electrons. The molecule has 5 rings (SSSR count). The molecule has 0 unspecified atom stereocenters. The number of nitrogens with zero attached hydrogens (tertiary/aromatic N) is 4. The van der Waals surface area contributed by atoms with Gasteiger partial charge in [-0.3, -0.25) is 4.79 Å². The number of aromatic nitrogens is 2. The fraction of sp³-hybridized carbons (Fsp3) is 0.545. The number of likely N-dealkylation sites (tertiary alicyclic amines) is 1. The van der Waals surface area contributed by atoms with Gasteiger partial charge >= 0.3 is 0 Å². The Balaban J connectivity index is 1.33. The molecule has 29 heavy (non-hydrogen) atoms. The number of imidazole rings is 1. The average molecular weight is 396 g/mol. The van der Waals surface area contributed by atoms with Crippen LogP contribution in [0.3, 0.4) is 0 Å². The van der Waals surface area contributed by atoms with E-state index >= 15 is 0 Å². The summed E-state index contributed by atoms with van der Waals surface area (Å²) in [5.74, 6) is 0.893. The van der Waals surface area contributed by atoms with Gasteiger partial charge in [-0.15, -0.1) is 0 Å². The van der Waals surface area contributed by atoms with E-state index in [0.29, 0.717) is 25.0 Å². The van der Waals surface area contributed by atoms with Crippen molar-refractivity contribution in [2.45, 2.75) is 25.0 Å². The lowest BCUT2D eigenvalue weighted by atomic mass is 9.77. The normalized spacial score (nSPS) is 29.7. The van der Waals surface area contributed by atoms with Crippen LogP contribution >= 0.6 is 0 Å². The Kier molecular flexibility index (Phi) is 5.01. The average Bonchev–Trinajstić information content (AvgIpc) is 3.43. The van der Waals surface area contributed by atoms with Crippen molar-refractivity contribution in [1.29, 1.82) is 0 Å². The van der Waals surface area contributed by atoms with E-state index < -0.39 is 0 Å². The number of ether oxygens (including phenoxy) is 1. The Morgan fingerprint density at radius 3 is 2.62 bits per heavy atom. The van der Waals surface area contributed by atoms with Gasteiger partial charge in [0.05, 0.1) is 37.3 Å². The van der Waals surface area contributed by atoms with Gasteiger partial charge in [0.25, 0.3) is 5.91 Å². The number of fused-ring (bicyclic) bond motifs is 1. The van der Waals surface area contributed by atoms with Gasteiger partial charge in [-0.1, -0.05) is 12.1 Å². The summed E-state index contributed by atoms with van der Waals surface area (Å²) in [5, 5.41) is 10.7. The minimum absolute atomic E-state index is 0.0504. The minimum Gasteiger partial charge on any atom is -0.391 e. The summed E-state index contributed by atoms with van der Waals surface area (Å²) in [5.41, 5.74) is 1.78. The highest BCUT2D eigenvalue weighted by Crippen LogP contribution is 2.42. The molecule has 2 aliphatic heterocycles. The van der Waals surface area contributed by atoms with Gasteiger partial charge in [0.2, 0.25) is 0 Å². The maximum absolute atomic E-state index is 13.4. The van der Waals surface area contributed by atoms with Crippen LogP contribution in [0.2, 0.25) is 0 Å². The molecule has 7 nitrogen and oxygen atoms in total. The topological polar surface area (TPSA) is 70.8 Å². The maximum Gasteiger partial charge on any atom is 0.255 e. The molecule has 1 N–H and O–H groups in total. The van der Waals surface area contributed by atoms with Gasteiger partial charge in [-0.25, -0.2) is 4.98 Å². The molecule has 3 fully saturated rings. The predicted molar refractivity (Wildman–Crippen MR) is 109 cm³/mol. The molecular weight excluding hydrogens is 368 g/mol. The van der Waals surface area contributed by atoms with Crippen molar-refractivity contribution < 1.29 is 14.6 Å². The molecule has 0 bridgehead atoms. The summed E-state index contributed by atoms with van der Waals surface area (Å²) in [6.45, 7) is 4.52. The molecule has 2 aromatic rings. The molecule has 3 aliphatic rings. The highest BCUT2D eigenvalue weighted by molar-refractivity contribution is 6.00. The van der Waals surface area contributed by atoms with Crippen LogP contribution in [-0.2, 0) is 4.74 Å². The Morgan fingerprint density at radius 1 is 1.10 bits per heavy atom. The molecular formula is C22H28N4O3. The smallest absolute Gasteiger partial charge is 0.255 e. The summed E-state index contributed by atoms with van der Waals surface area (Å²) < 4.78 is 7.48. The third kappa shape index (κ3) is 3.53. The summed E-state index contributed by atoms with van der Waals surface area (Å²) in [6.07, 6.45) is 6.70. The van der Waals surface area contributed by atoms with Gasteiger partial charge in [-0.2, -0.15) is 0 Å². The number of aliphatic hydroxyl groups excluding tert-OH is 1. The van der Waals surface area contributed by atoms with Gasteiger partial charge < -0.3 is 24.2 Å². The van der Waals surface area contributed by atoms with Gasteiger partial charge in [-0.05, 0) is 36.8 Å². The monoisotopic (exact) mass is 396 g/mol. The fourth-order valence-corrected chi connectivity index (χ4v) is 5.26. The molecule has 2 saturated heterocycles. The standard InChI is InChI=1S/C22H28N4O3/c27-21-12-17-14-26(13-16(17)11-20(21)25-6-5-23-15-25)22(28)18-3-1-2-4-19(18)24-7-9-29-10-8-24/h1-6,15-17,20-21,27H,7-14H2/t16-,17+,20-,21-/m1/s1. The van der Waals surface area contributed by atoms with E-state index in [4.69, 9.17) is 4.74 Å². The molecule has 1 aromatic heterocycles. The summed E-state index contributed by atoms with van der Waals surface area (Å²) in [7, 11) is 0. The first-order valence-electron chi connectivity index (χ1n) is 10.6. The van der Waals surface area contributed by atoms with Crippen molar-refractivity contribution >= 4 is 11.6 Å². The summed E-state index contributed by atoms with van der Waals surface area (Å²) in [4.78, 5) is 21.8. The second kappa shape index (κ2) is 7.80. The first-order valence-corrected chi connectivity index (χ1v) is 10.6. The largest absolute Gasteiger partial charge is 0.391 e. The minimum atomic E-state index is -0.388. The molecule has 7 heteroatoms. The zero-order valence-electron chi connectivity index (χ0n) is 16.6. The van der Waals surface area contributed by atoms with E-state index in [-0.39, 0.29) is 18.1 Å². The van der Waals surface area contributed by atoms with Gasteiger partial charge in [0, 0.05) is 44.3 Å². The number of para-hydroxylation sites is 1. The number of anilines is 1. The second-order valence-corrected chi connectivity index (χ2v) is 8.46. The molecule has 154 valence electrons. The van der Waals surface area contributed by atoms with Crippen molar-refractivity contribution in [3.8, 4) is 0 Å². The van der Waals surface area contributed by atoms with Crippen LogP contribution in [0.4, 0.5) is 5.69 Å². The quantitative estimate of drug-likeness (QED) is 0.857. The number of carbonyl (C=O) groups is 1. The van der Waals surface area contributed by atoms with Crippen LogP contribution in [-0.4, -0.2) is 71.0 Å². The Labute approximate surface area is 170 Å². The van der Waals surface area contributed by atoms with Crippen LogP contribution in [0.1, 0.15) is 29.2 Å². The summed E-state index contributed by atoms with van der Waals surface area (Å²) >= 11 is 0. The molecule has 1 saturated carbocycles. The molecule has 3 heterocycles. The molecule has 1 aliphatic carbocycles. The van der Waals surface area contributed by atoms with Crippen LogP contribution < -0.4 is 4.90 Å². The van der Waals surface area contributed by atoms with E-state index in [9.17, 15) is 9.90 Å². The SMILES string of the molecule is O=C(c1ccccc1N1CCOCC1)N1C[C@H]2C[C@@H](n3ccnc3)[C@H](O)C[C@H]2C1. The van der Waals surface area contributed by atoms with Crippen LogP contribution in [0.25, 0.3) is 0 Å². The van der Waals surface area contributed by atoms with Crippen molar-refractivity contribution in [1.82, 2.24) is 14.5 Å². The van der Waals surface area contributed by atoms with E-state index in [0.717, 1.165) is 50.3 Å². The number of benzene rings is 1. The van der Waals surface area contributed by atoms with Crippen molar-refractivity contribution in [2.24, 2.45) is 11.8 Å². The maximum atomic E-state index is 13.4. The van der Waals surface area contributed by atoms with Crippen molar-refractivity contribution in [3.63, 3.8) is 0 Å². The fourth-order valence-electron chi connectivity index (χ4n) is 5.26. The third-order valence-corrected chi connectivity index (χ3v) is 6.79. The number of rotatable bonds is 3. The van der Waals surface area contributed by atoms with Gasteiger partial charge in [0.1, 0.15) is 0 Å². The van der Waals surface area contributed by atoms with Crippen LogP contribution in [0, 0.1) is 11.8 Å². The predicted octanol–water partition coefficient (Wildman–Crippen LogP) is 1.80. The highest BCUT2D eigenvalue weighted by atomic mass is 16.5. The zero-order valence-corrected chi connectivity index (χ0v) is 16.6. The number of carbonyl (C=O) groups excluding carboxylic acids is 1. The second-order valence-electron chi connectivity index (χ2n) is 8.46. The lowest BCUT2D eigenvalue weighted by Gasteiger charge is -2.35. The number of aliphatic hydroxyl groups is 1. The number of morpholine rings is 1. The van der Waals surface area contributed by atoms with Crippen molar-refractivity contribution in [2.75, 3.05) is 44.3 Å².